The van der Waals surface area contributed by atoms with Crippen molar-refractivity contribution in [1.82, 2.24) is 19.7 Å². The molecule has 0 saturated heterocycles. The van der Waals surface area contributed by atoms with Crippen LogP contribution in [-0.2, 0) is 12.8 Å². The van der Waals surface area contributed by atoms with E-state index in [-0.39, 0.29) is 11.3 Å². The Morgan fingerprint density at radius 3 is 2.47 bits per heavy atom. The second-order valence-corrected chi connectivity index (χ2v) is 8.19. The zero-order chi connectivity index (χ0) is 21.6. The van der Waals surface area contributed by atoms with Gasteiger partial charge in [0.05, 0.1) is 15.7 Å². The van der Waals surface area contributed by atoms with E-state index in [9.17, 15) is 9.90 Å². The van der Waals surface area contributed by atoms with Crippen molar-refractivity contribution >= 4 is 45.8 Å². The van der Waals surface area contributed by atoms with Crippen molar-refractivity contribution in [2.45, 2.75) is 26.7 Å². The van der Waals surface area contributed by atoms with Crippen LogP contribution in [0.5, 0.6) is 5.75 Å². The maximum absolute atomic E-state index is 12.9. The van der Waals surface area contributed by atoms with Gasteiger partial charge in [-0.2, -0.15) is 5.10 Å². The van der Waals surface area contributed by atoms with Crippen LogP contribution in [0.4, 0.5) is 0 Å². The van der Waals surface area contributed by atoms with Crippen molar-refractivity contribution in [2.24, 2.45) is 0 Å². The molecule has 0 spiro atoms. The zero-order valence-corrected chi connectivity index (χ0v) is 18.4. The molecule has 0 bridgehead atoms. The molecule has 0 unspecified atom stereocenters. The summed E-state index contributed by atoms with van der Waals surface area (Å²) in [6, 6.07) is 8.39. The van der Waals surface area contributed by atoms with E-state index >= 15 is 0 Å². The number of hydrogen-bond donors (Lipinski definition) is 2. The van der Waals surface area contributed by atoms with Crippen molar-refractivity contribution in [3.05, 3.63) is 78.4 Å². The van der Waals surface area contributed by atoms with Gasteiger partial charge in [0.2, 0.25) is 0 Å². The maximum atomic E-state index is 12.9. The van der Waals surface area contributed by atoms with Gasteiger partial charge in [0, 0.05) is 11.4 Å². The lowest BCUT2D eigenvalue weighted by molar-refractivity contribution is 0.471. The molecule has 0 aliphatic rings. The monoisotopic (exact) mass is 462 g/mol. The average Bonchev–Trinajstić information content (AvgIpc) is 3.03. The molecule has 4 rings (SSSR count). The van der Waals surface area contributed by atoms with Crippen LogP contribution < -0.4 is 5.56 Å². The van der Waals surface area contributed by atoms with E-state index in [0.29, 0.717) is 56.1 Å². The topological polar surface area (TPSA) is 83.8 Å². The summed E-state index contributed by atoms with van der Waals surface area (Å²) in [5.41, 5.74) is 2.73. The number of aromatic hydroxyl groups is 1. The summed E-state index contributed by atoms with van der Waals surface area (Å²) in [5, 5.41) is 15.7. The van der Waals surface area contributed by atoms with Gasteiger partial charge in [0.15, 0.2) is 5.65 Å². The molecule has 0 amide bonds. The molecule has 6 nitrogen and oxygen atoms in total. The number of nitrogens with zero attached hydrogens (tertiary/aromatic N) is 3. The second kappa shape index (κ2) is 7.95. The number of aromatic nitrogens is 4. The highest BCUT2D eigenvalue weighted by Crippen LogP contribution is 2.33. The Bertz CT molecular complexity index is 1320. The van der Waals surface area contributed by atoms with Gasteiger partial charge in [-0.3, -0.25) is 4.79 Å². The van der Waals surface area contributed by atoms with Crippen LogP contribution in [0.3, 0.4) is 0 Å². The highest BCUT2D eigenvalue weighted by atomic mass is 35.5. The van der Waals surface area contributed by atoms with E-state index in [1.165, 1.54) is 4.68 Å². The third kappa shape index (κ3) is 3.67. The Hall–Kier alpha value is -2.54. The fourth-order valence-corrected chi connectivity index (χ4v) is 4.36. The number of phenolic OH excluding ortho intramolecular Hbond substituents is 1. The van der Waals surface area contributed by atoms with E-state index in [0.717, 1.165) is 11.1 Å². The van der Waals surface area contributed by atoms with E-state index < -0.39 is 0 Å². The number of aryl methyl sites for hydroxylation is 2. The fourth-order valence-electron chi connectivity index (χ4n) is 3.38. The van der Waals surface area contributed by atoms with Gasteiger partial charge in [0.25, 0.3) is 5.56 Å². The molecule has 2 aromatic heterocycles. The van der Waals surface area contributed by atoms with Gasteiger partial charge in [-0.1, -0.05) is 53.9 Å². The Morgan fingerprint density at radius 2 is 1.83 bits per heavy atom. The number of H-pyrrole nitrogens is 1. The smallest absolute Gasteiger partial charge is 0.262 e. The van der Waals surface area contributed by atoms with E-state index in [1.807, 2.05) is 19.9 Å². The van der Waals surface area contributed by atoms with Gasteiger partial charge in [-0.15, -0.1) is 0 Å². The fraction of sp³-hybridized carbons (Fsp3) is 0.190. The molecule has 154 valence electrons. The standard InChI is InChI=1S/C21H17Cl3N4O2/c1-3-15-18-20(28(27-15)19-13(23)8-12(22)9-14(19)24)25-17(26-21(18)30)7-11-4-5-16(29)10(2)6-11/h4-6,8-9,29H,3,7H2,1-2H3,(H,25,26,30). The van der Waals surface area contributed by atoms with Crippen LogP contribution >= 0.6 is 34.8 Å². The van der Waals surface area contributed by atoms with Gasteiger partial charge in [-0.25, -0.2) is 9.67 Å². The maximum Gasteiger partial charge on any atom is 0.262 e. The van der Waals surface area contributed by atoms with Gasteiger partial charge in [0.1, 0.15) is 22.6 Å². The van der Waals surface area contributed by atoms with Crippen LogP contribution in [0.15, 0.2) is 35.1 Å². The number of fused-ring (bicyclic) bond motifs is 1. The van der Waals surface area contributed by atoms with E-state index in [4.69, 9.17) is 34.8 Å². The number of benzene rings is 2. The lowest BCUT2D eigenvalue weighted by Crippen LogP contribution is -2.13. The molecule has 0 fully saturated rings. The van der Waals surface area contributed by atoms with Crippen molar-refractivity contribution in [1.29, 1.82) is 0 Å². The normalized spacial score (nSPS) is 11.4. The van der Waals surface area contributed by atoms with Gasteiger partial charge < -0.3 is 10.1 Å². The SMILES string of the molecule is CCc1nn(-c2c(Cl)cc(Cl)cc2Cl)c2nc(Cc3ccc(O)c(C)c3)[nH]c(=O)c12. The zero-order valence-electron chi connectivity index (χ0n) is 16.1. The second-order valence-electron chi connectivity index (χ2n) is 6.94. The van der Waals surface area contributed by atoms with E-state index in [1.54, 1.807) is 24.3 Å². The first-order chi connectivity index (χ1) is 14.3. The molecule has 0 saturated carbocycles. The Morgan fingerprint density at radius 1 is 1.13 bits per heavy atom. The quantitative estimate of drug-likeness (QED) is 0.434. The summed E-state index contributed by atoms with van der Waals surface area (Å²) in [4.78, 5) is 20.4. The largest absolute Gasteiger partial charge is 0.508 e. The lowest BCUT2D eigenvalue weighted by atomic mass is 10.1. The number of rotatable bonds is 4. The summed E-state index contributed by atoms with van der Waals surface area (Å²) in [6.45, 7) is 3.72. The molecule has 9 heteroatoms. The molecular formula is C21H17Cl3N4O2. The summed E-state index contributed by atoms with van der Waals surface area (Å²) >= 11 is 18.8. The lowest BCUT2D eigenvalue weighted by Gasteiger charge is -2.09. The minimum atomic E-state index is -0.283. The minimum absolute atomic E-state index is 0.216. The Balaban J connectivity index is 1.92. The molecule has 0 aliphatic heterocycles. The third-order valence-corrected chi connectivity index (χ3v) is 5.61. The predicted octanol–water partition coefficient (Wildman–Crippen LogP) is 5.24. The number of nitrogens with one attached hydrogen (secondary N) is 1. The summed E-state index contributed by atoms with van der Waals surface area (Å²) in [7, 11) is 0. The van der Waals surface area contributed by atoms with Crippen LogP contribution in [0.2, 0.25) is 15.1 Å². The highest BCUT2D eigenvalue weighted by molar-refractivity contribution is 6.40. The minimum Gasteiger partial charge on any atom is -0.508 e. The molecule has 0 radical (unpaired) electrons. The summed E-state index contributed by atoms with van der Waals surface area (Å²) in [5.74, 6) is 0.677. The molecule has 0 aliphatic carbocycles. The van der Waals surface area contributed by atoms with Crippen LogP contribution in [0.1, 0.15) is 29.6 Å². The highest BCUT2D eigenvalue weighted by Gasteiger charge is 2.20. The molecule has 2 aromatic carbocycles. The number of halogens is 3. The van der Waals surface area contributed by atoms with Crippen LogP contribution in [-0.4, -0.2) is 24.9 Å². The predicted molar refractivity (Wildman–Crippen MR) is 120 cm³/mol. The first-order valence-corrected chi connectivity index (χ1v) is 10.4. The van der Waals surface area contributed by atoms with Crippen LogP contribution in [0, 0.1) is 6.92 Å². The van der Waals surface area contributed by atoms with Gasteiger partial charge in [-0.05, 0) is 42.7 Å². The molecule has 4 aromatic rings. The Kier molecular flexibility index (Phi) is 5.49. The average molecular weight is 464 g/mol. The molecule has 0 atom stereocenters. The molecule has 2 N–H and O–H groups in total. The van der Waals surface area contributed by atoms with Crippen molar-refractivity contribution in [2.75, 3.05) is 0 Å². The Labute approximate surface area is 187 Å². The number of phenols is 1. The van der Waals surface area contributed by atoms with Gasteiger partial charge >= 0.3 is 0 Å². The third-order valence-electron chi connectivity index (χ3n) is 4.82. The summed E-state index contributed by atoms with van der Waals surface area (Å²) in [6.07, 6.45) is 0.911. The first-order valence-electron chi connectivity index (χ1n) is 9.22. The molecule has 2 heterocycles. The first kappa shape index (κ1) is 20.7. The van der Waals surface area contributed by atoms with Crippen molar-refractivity contribution in [3.63, 3.8) is 0 Å². The molecule has 30 heavy (non-hydrogen) atoms. The number of aromatic amines is 1. The number of hydrogen-bond acceptors (Lipinski definition) is 4. The van der Waals surface area contributed by atoms with E-state index in [2.05, 4.69) is 15.1 Å². The van der Waals surface area contributed by atoms with Crippen molar-refractivity contribution in [3.8, 4) is 11.4 Å². The van der Waals surface area contributed by atoms with Crippen molar-refractivity contribution < 1.29 is 5.11 Å². The molecular weight excluding hydrogens is 447 g/mol. The van der Waals surface area contributed by atoms with Crippen LogP contribution in [0.25, 0.3) is 16.7 Å². The summed E-state index contributed by atoms with van der Waals surface area (Å²) < 4.78 is 1.50.